The van der Waals surface area contributed by atoms with Crippen molar-refractivity contribution in [3.05, 3.63) is 23.8 Å². The molecule has 2 heterocycles. The highest BCUT2D eigenvalue weighted by molar-refractivity contribution is 5.82. The third kappa shape index (κ3) is 3.33. The highest BCUT2D eigenvalue weighted by Gasteiger charge is 2.30. The number of benzene rings is 1. The lowest BCUT2D eigenvalue weighted by molar-refractivity contribution is -0.131. The van der Waals surface area contributed by atoms with Gasteiger partial charge in [-0.3, -0.25) is 4.79 Å². The Hall–Kier alpha value is -2.44. The maximum absolute atomic E-state index is 12.3. The summed E-state index contributed by atoms with van der Waals surface area (Å²) in [6.07, 6.45) is 1.22. The molecule has 0 aromatic heterocycles. The molecule has 1 fully saturated rings. The number of carbonyl (C=O) groups excluding carboxylic acids is 2. The first-order chi connectivity index (χ1) is 11.2. The highest BCUT2D eigenvalue weighted by atomic mass is 16.6. The second-order valence-electron chi connectivity index (χ2n) is 5.49. The molecule has 0 saturated carbocycles. The first-order valence-corrected chi connectivity index (χ1v) is 7.70. The second-order valence-corrected chi connectivity index (χ2v) is 5.49. The van der Waals surface area contributed by atoms with Crippen LogP contribution in [-0.2, 0) is 9.53 Å². The minimum Gasteiger partial charge on any atom is -0.486 e. The molecule has 7 heteroatoms. The largest absolute Gasteiger partial charge is 0.486 e. The number of alkyl carbamates (subject to hydrolysis) is 1. The molecule has 3 rings (SSSR count). The summed E-state index contributed by atoms with van der Waals surface area (Å²) in [6.45, 7) is 1.71. The number of rotatable bonds is 3. The van der Waals surface area contributed by atoms with Gasteiger partial charge in [0.1, 0.15) is 19.8 Å². The van der Waals surface area contributed by atoms with Crippen molar-refractivity contribution >= 4 is 12.0 Å². The third-order valence-corrected chi connectivity index (χ3v) is 4.09. The Morgan fingerprint density at radius 1 is 1.30 bits per heavy atom. The molecule has 7 nitrogen and oxygen atoms in total. The number of fused-ring (bicyclic) bond motifs is 1. The number of nitrogens with zero attached hydrogens (tertiary/aromatic N) is 1. The number of likely N-dealkylation sites (tertiary alicyclic amines) is 1. The van der Waals surface area contributed by atoms with Gasteiger partial charge in [-0.2, -0.15) is 0 Å². The Morgan fingerprint density at radius 3 is 2.87 bits per heavy atom. The van der Waals surface area contributed by atoms with E-state index in [1.54, 1.807) is 4.90 Å². The number of amides is 2. The molecular formula is C16H20N2O5. The van der Waals surface area contributed by atoms with Crippen LogP contribution in [0.2, 0.25) is 0 Å². The van der Waals surface area contributed by atoms with Crippen LogP contribution in [0.4, 0.5) is 4.79 Å². The lowest BCUT2D eigenvalue weighted by Crippen LogP contribution is -2.39. The van der Waals surface area contributed by atoms with Crippen molar-refractivity contribution in [3.8, 4) is 11.5 Å². The topological polar surface area (TPSA) is 77.1 Å². The van der Waals surface area contributed by atoms with Gasteiger partial charge in [-0.15, -0.1) is 0 Å². The third-order valence-electron chi connectivity index (χ3n) is 4.09. The number of hydrogen-bond acceptors (Lipinski definition) is 5. The predicted molar refractivity (Wildman–Crippen MR) is 81.5 cm³/mol. The number of ether oxygens (including phenoxy) is 3. The Kier molecular flexibility index (Phi) is 4.55. The van der Waals surface area contributed by atoms with Gasteiger partial charge in [0.05, 0.1) is 13.2 Å². The van der Waals surface area contributed by atoms with Gasteiger partial charge < -0.3 is 24.4 Å². The monoisotopic (exact) mass is 320 g/mol. The molecule has 0 bridgehead atoms. The van der Waals surface area contributed by atoms with E-state index in [1.807, 2.05) is 18.2 Å². The molecule has 0 spiro atoms. The molecule has 0 radical (unpaired) electrons. The summed E-state index contributed by atoms with van der Waals surface area (Å²) in [7, 11) is 1.27. The van der Waals surface area contributed by atoms with Crippen molar-refractivity contribution < 1.29 is 23.8 Å². The summed E-state index contributed by atoms with van der Waals surface area (Å²) in [6, 6.07) is 5.80. The number of methoxy groups -OCH3 is 1. The van der Waals surface area contributed by atoms with Crippen LogP contribution in [0.5, 0.6) is 11.5 Å². The molecular weight excluding hydrogens is 300 g/mol. The Bertz CT molecular complexity index is 604. The van der Waals surface area contributed by atoms with Crippen molar-refractivity contribution in [2.45, 2.75) is 18.9 Å². The van der Waals surface area contributed by atoms with E-state index in [1.165, 1.54) is 7.11 Å². The normalized spacial score (nSPS) is 19.3. The summed E-state index contributed by atoms with van der Waals surface area (Å²) in [4.78, 5) is 25.2. The lowest BCUT2D eigenvalue weighted by Gasteiger charge is -2.26. The molecule has 1 aromatic rings. The Morgan fingerprint density at radius 2 is 2.09 bits per heavy atom. The van der Waals surface area contributed by atoms with E-state index in [4.69, 9.17) is 9.47 Å². The summed E-state index contributed by atoms with van der Waals surface area (Å²) in [5.41, 5.74) is 1.03. The van der Waals surface area contributed by atoms with Crippen LogP contribution in [0.1, 0.15) is 24.4 Å². The summed E-state index contributed by atoms with van der Waals surface area (Å²) >= 11 is 0. The van der Waals surface area contributed by atoms with Crippen LogP contribution >= 0.6 is 0 Å². The molecule has 1 saturated heterocycles. The maximum atomic E-state index is 12.3. The van der Waals surface area contributed by atoms with E-state index >= 15 is 0 Å². The van der Waals surface area contributed by atoms with Crippen molar-refractivity contribution in [3.63, 3.8) is 0 Å². The molecule has 1 atom stereocenters. The van der Waals surface area contributed by atoms with E-state index < -0.39 is 6.09 Å². The molecule has 1 N–H and O–H groups in total. The van der Waals surface area contributed by atoms with Crippen molar-refractivity contribution in [1.29, 1.82) is 0 Å². The van der Waals surface area contributed by atoms with E-state index in [2.05, 4.69) is 10.1 Å². The second kappa shape index (κ2) is 6.76. The number of hydrogen-bond donors (Lipinski definition) is 1. The molecule has 0 unspecified atom stereocenters. The molecule has 23 heavy (non-hydrogen) atoms. The average molecular weight is 320 g/mol. The number of carbonyl (C=O) groups is 2. The zero-order chi connectivity index (χ0) is 16.2. The van der Waals surface area contributed by atoms with Gasteiger partial charge in [0.15, 0.2) is 11.5 Å². The van der Waals surface area contributed by atoms with E-state index in [0.29, 0.717) is 19.8 Å². The molecule has 2 aliphatic heterocycles. The molecule has 2 amide bonds. The average Bonchev–Trinajstić information content (AvgIpc) is 3.08. The fraction of sp³-hybridized carbons (Fsp3) is 0.500. The fourth-order valence-electron chi connectivity index (χ4n) is 3.00. The lowest BCUT2D eigenvalue weighted by atomic mass is 10.0. The van der Waals surface area contributed by atoms with Gasteiger partial charge in [-0.1, -0.05) is 6.07 Å². The van der Waals surface area contributed by atoms with Gasteiger partial charge in [0.2, 0.25) is 5.91 Å². The molecule has 124 valence electrons. The zero-order valence-electron chi connectivity index (χ0n) is 13.0. The minimum absolute atomic E-state index is 0.00206. The SMILES string of the molecule is COC(=O)NCC(=O)N1CCC[C@H]1c1ccc2c(c1)OCCO2. The van der Waals surface area contributed by atoms with Crippen LogP contribution in [0, 0.1) is 0 Å². The van der Waals surface area contributed by atoms with Crippen LogP contribution < -0.4 is 14.8 Å². The molecule has 2 aliphatic rings. The van der Waals surface area contributed by atoms with Crippen molar-refractivity contribution in [2.75, 3.05) is 33.4 Å². The van der Waals surface area contributed by atoms with Crippen LogP contribution in [0.25, 0.3) is 0 Å². The summed E-state index contributed by atoms with van der Waals surface area (Å²) < 4.78 is 15.6. The standard InChI is InChI=1S/C16H20N2O5/c1-21-16(20)17-10-15(19)18-6-2-3-12(18)11-4-5-13-14(9-11)23-8-7-22-13/h4-5,9,12H,2-3,6-8,10H2,1H3,(H,17,20)/t12-/m0/s1. The molecule has 0 aliphatic carbocycles. The van der Waals surface area contributed by atoms with E-state index in [0.717, 1.165) is 29.9 Å². The zero-order valence-corrected chi connectivity index (χ0v) is 13.0. The Labute approximate surface area is 134 Å². The van der Waals surface area contributed by atoms with E-state index in [-0.39, 0.29) is 18.5 Å². The first kappa shape index (κ1) is 15.5. The van der Waals surface area contributed by atoms with E-state index in [9.17, 15) is 9.59 Å². The maximum Gasteiger partial charge on any atom is 0.407 e. The van der Waals surface area contributed by atoms with Crippen LogP contribution in [0.3, 0.4) is 0 Å². The van der Waals surface area contributed by atoms with Gasteiger partial charge in [-0.05, 0) is 30.5 Å². The quantitative estimate of drug-likeness (QED) is 0.913. The Balaban J connectivity index is 1.71. The van der Waals surface area contributed by atoms with Crippen LogP contribution in [-0.4, -0.2) is 50.3 Å². The van der Waals surface area contributed by atoms with Crippen molar-refractivity contribution in [1.82, 2.24) is 10.2 Å². The summed E-state index contributed by atoms with van der Waals surface area (Å²) in [5.74, 6) is 1.34. The fourth-order valence-corrected chi connectivity index (χ4v) is 3.00. The van der Waals surface area contributed by atoms with Gasteiger partial charge in [-0.25, -0.2) is 4.79 Å². The predicted octanol–water partition coefficient (Wildman–Crippen LogP) is 1.48. The number of nitrogens with one attached hydrogen (secondary N) is 1. The van der Waals surface area contributed by atoms with Gasteiger partial charge in [0.25, 0.3) is 0 Å². The highest BCUT2D eigenvalue weighted by Crippen LogP contribution is 2.37. The van der Waals surface area contributed by atoms with Gasteiger partial charge >= 0.3 is 6.09 Å². The smallest absolute Gasteiger partial charge is 0.407 e. The first-order valence-electron chi connectivity index (χ1n) is 7.70. The van der Waals surface area contributed by atoms with Gasteiger partial charge in [0, 0.05) is 6.54 Å². The van der Waals surface area contributed by atoms with Crippen LogP contribution in [0.15, 0.2) is 18.2 Å². The van der Waals surface area contributed by atoms with Crippen molar-refractivity contribution in [2.24, 2.45) is 0 Å². The molecule has 1 aromatic carbocycles. The minimum atomic E-state index is -0.603. The summed E-state index contributed by atoms with van der Waals surface area (Å²) in [5, 5.41) is 2.43.